The molecule has 4 aliphatic rings. The molecule has 4 fully saturated rings. The molecule has 4 rings (SSSR count). The molecule has 0 aromatic rings. The fourth-order valence-electron chi connectivity index (χ4n) is 9.90. The highest BCUT2D eigenvalue weighted by Gasteiger charge is 2.60. The summed E-state index contributed by atoms with van der Waals surface area (Å²) in [6.45, 7) is 15.2. The van der Waals surface area contributed by atoms with Crippen molar-refractivity contribution in [3.05, 3.63) is 0 Å². The molecule has 0 aliphatic heterocycles. The van der Waals surface area contributed by atoms with Crippen molar-refractivity contribution in [3.8, 4) is 0 Å². The number of rotatable bonds is 6. The van der Waals surface area contributed by atoms with Crippen LogP contribution in [0, 0.1) is 58.2 Å². The second-order valence-corrected chi connectivity index (χ2v) is 13.3. The minimum Gasteiger partial charge on any atom is -0.393 e. The highest BCUT2D eigenvalue weighted by Crippen LogP contribution is 2.68. The van der Waals surface area contributed by atoms with Crippen LogP contribution in [0.5, 0.6) is 0 Å². The molecule has 0 bridgehead atoms. The largest absolute Gasteiger partial charge is 0.393 e. The molecule has 0 aromatic carbocycles. The van der Waals surface area contributed by atoms with Gasteiger partial charge in [0.1, 0.15) is 0 Å². The molecule has 4 saturated carbocycles. The van der Waals surface area contributed by atoms with Gasteiger partial charge in [-0.1, -0.05) is 54.4 Å². The Bertz CT molecular complexity index is 583. The van der Waals surface area contributed by atoms with E-state index in [-0.39, 0.29) is 6.10 Å². The van der Waals surface area contributed by atoms with Crippen LogP contribution in [0.25, 0.3) is 0 Å². The summed E-state index contributed by atoms with van der Waals surface area (Å²) in [5.41, 5.74) is 1.14. The summed E-state index contributed by atoms with van der Waals surface area (Å²) < 4.78 is 0. The van der Waals surface area contributed by atoms with Gasteiger partial charge in [0, 0.05) is 0 Å². The molecule has 0 aromatic heterocycles. The Balaban J connectivity index is 1.45. The van der Waals surface area contributed by atoms with E-state index in [9.17, 15) is 5.11 Å². The minimum atomic E-state index is -0.0111. The summed E-state index contributed by atoms with van der Waals surface area (Å²) in [4.78, 5) is 0. The van der Waals surface area contributed by atoms with Crippen molar-refractivity contribution < 1.29 is 5.11 Å². The Kier molecular flexibility index (Phi) is 6.72. The van der Waals surface area contributed by atoms with Gasteiger partial charge in [-0.25, -0.2) is 0 Å². The molecule has 1 nitrogen and oxygen atoms in total. The highest BCUT2D eigenvalue weighted by atomic mass is 16.3. The van der Waals surface area contributed by atoms with E-state index in [1.807, 2.05) is 0 Å². The monoisotopic (exact) mass is 416 g/mol. The quantitative estimate of drug-likeness (QED) is 0.463. The molecule has 174 valence electrons. The Morgan fingerprint density at radius 3 is 2.23 bits per heavy atom. The van der Waals surface area contributed by atoms with E-state index in [2.05, 4.69) is 41.5 Å². The van der Waals surface area contributed by atoms with Crippen molar-refractivity contribution in [2.75, 3.05) is 0 Å². The zero-order chi connectivity index (χ0) is 21.7. The lowest BCUT2D eigenvalue weighted by atomic mass is 9.44. The first-order valence-electron chi connectivity index (χ1n) is 13.9. The third-order valence-electron chi connectivity index (χ3n) is 11.9. The Hall–Kier alpha value is -0.0400. The molecule has 30 heavy (non-hydrogen) atoms. The van der Waals surface area contributed by atoms with Gasteiger partial charge >= 0.3 is 0 Å². The smallest absolute Gasteiger partial charge is 0.0543 e. The molecule has 0 amide bonds. The maximum absolute atomic E-state index is 10.3. The van der Waals surface area contributed by atoms with E-state index in [0.717, 1.165) is 60.2 Å². The topological polar surface area (TPSA) is 20.2 Å². The van der Waals surface area contributed by atoms with Gasteiger partial charge in [-0.3, -0.25) is 0 Å². The second kappa shape index (κ2) is 8.72. The van der Waals surface area contributed by atoms with E-state index in [0.29, 0.717) is 10.8 Å². The lowest BCUT2D eigenvalue weighted by Crippen LogP contribution is -2.54. The first-order chi connectivity index (χ1) is 14.2. The third-order valence-corrected chi connectivity index (χ3v) is 11.9. The first-order valence-corrected chi connectivity index (χ1v) is 13.9. The summed E-state index contributed by atoms with van der Waals surface area (Å²) in [7, 11) is 0. The average molecular weight is 417 g/mol. The number of fused-ring (bicyclic) bond motifs is 5. The standard InChI is InChI=1S/C29H52O/c1-7-21(19(2)3)9-8-20(4)25-12-13-26-24-11-10-22-18-23(30)14-16-28(22,5)27(24)15-17-29(25,26)6/h19-27,30H,7-18H2,1-6H3/t20?,21-,22?,23+,24?,25-,26?,27?,28+,29-/m1/s1. The molecule has 10 atom stereocenters. The Labute approximate surface area is 188 Å². The van der Waals surface area contributed by atoms with Crippen LogP contribution in [0.4, 0.5) is 0 Å². The fraction of sp³-hybridized carbons (Fsp3) is 1.00. The maximum Gasteiger partial charge on any atom is 0.0543 e. The number of hydrogen-bond donors (Lipinski definition) is 1. The van der Waals surface area contributed by atoms with Gasteiger partial charge in [0.2, 0.25) is 0 Å². The predicted octanol–water partition coefficient (Wildman–Crippen LogP) is 8.10. The zero-order valence-electron chi connectivity index (χ0n) is 21.1. The number of aliphatic hydroxyl groups is 1. The van der Waals surface area contributed by atoms with E-state index >= 15 is 0 Å². The summed E-state index contributed by atoms with van der Waals surface area (Å²) in [6, 6.07) is 0. The van der Waals surface area contributed by atoms with Crippen LogP contribution in [0.15, 0.2) is 0 Å². The van der Waals surface area contributed by atoms with Crippen molar-refractivity contribution in [2.45, 2.75) is 125 Å². The second-order valence-electron chi connectivity index (χ2n) is 13.3. The van der Waals surface area contributed by atoms with Crippen molar-refractivity contribution in [3.63, 3.8) is 0 Å². The van der Waals surface area contributed by atoms with Gasteiger partial charge in [0.15, 0.2) is 0 Å². The highest BCUT2D eigenvalue weighted by molar-refractivity contribution is 5.09. The van der Waals surface area contributed by atoms with Crippen LogP contribution in [-0.4, -0.2) is 11.2 Å². The fourth-order valence-corrected chi connectivity index (χ4v) is 9.90. The van der Waals surface area contributed by atoms with Crippen molar-refractivity contribution in [1.82, 2.24) is 0 Å². The third kappa shape index (κ3) is 3.82. The van der Waals surface area contributed by atoms with Crippen LogP contribution in [0.1, 0.15) is 119 Å². The number of hydrogen-bond acceptors (Lipinski definition) is 1. The maximum atomic E-state index is 10.3. The van der Waals surface area contributed by atoms with Gasteiger partial charge < -0.3 is 5.11 Å². The molecule has 0 heterocycles. The summed E-state index contributed by atoms with van der Waals surface area (Å²) in [6.07, 6.45) is 16.5. The zero-order valence-corrected chi connectivity index (χ0v) is 21.1. The molecular weight excluding hydrogens is 364 g/mol. The first kappa shape index (κ1) is 23.1. The predicted molar refractivity (Wildman–Crippen MR) is 128 cm³/mol. The molecule has 4 aliphatic carbocycles. The Morgan fingerprint density at radius 2 is 1.53 bits per heavy atom. The normalized spacial score (nSPS) is 48.0. The summed E-state index contributed by atoms with van der Waals surface area (Å²) in [5, 5.41) is 10.3. The average Bonchev–Trinajstić information content (AvgIpc) is 3.06. The van der Waals surface area contributed by atoms with Crippen LogP contribution in [0.3, 0.4) is 0 Å². The summed E-state index contributed by atoms with van der Waals surface area (Å²) in [5.74, 6) is 7.34. The summed E-state index contributed by atoms with van der Waals surface area (Å²) >= 11 is 0. The van der Waals surface area contributed by atoms with Crippen LogP contribution in [-0.2, 0) is 0 Å². The molecule has 1 heteroatoms. The number of aliphatic hydroxyl groups excluding tert-OH is 1. The lowest BCUT2D eigenvalue weighted by Gasteiger charge is -2.61. The van der Waals surface area contributed by atoms with Gasteiger partial charge in [-0.2, -0.15) is 0 Å². The molecule has 0 radical (unpaired) electrons. The van der Waals surface area contributed by atoms with E-state index in [1.165, 1.54) is 64.2 Å². The lowest BCUT2D eigenvalue weighted by molar-refractivity contribution is -0.129. The SMILES string of the molecule is CC[C@H](CCC(C)[C@H]1CCC2C3CCC4C[C@@H](O)CC[C@]4(C)C3CC[C@@]21C)C(C)C. The molecule has 1 N–H and O–H groups in total. The Morgan fingerprint density at radius 1 is 0.833 bits per heavy atom. The van der Waals surface area contributed by atoms with Gasteiger partial charge in [-0.05, 0) is 122 Å². The van der Waals surface area contributed by atoms with Crippen molar-refractivity contribution in [1.29, 1.82) is 0 Å². The van der Waals surface area contributed by atoms with Gasteiger partial charge in [-0.15, -0.1) is 0 Å². The van der Waals surface area contributed by atoms with Gasteiger partial charge in [0.05, 0.1) is 6.10 Å². The minimum absolute atomic E-state index is 0.0111. The van der Waals surface area contributed by atoms with Crippen LogP contribution < -0.4 is 0 Å². The van der Waals surface area contributed by atoms with E-state index < -0.39 is 0 Å². The van der Waals surface area contributed by atoms with E-state index in [4.69, 9.17) is 0 Å². The van der Waals surface area contributed by atoms with Crippen molar-refractivity contribution >= 4 is 0 Å². The molecule has 0 spiro atoms. The molecular formula is C29H52O. The van der Waals surface area contributed by atoms with Crippen LogP contribution in [0.2, 0.25) is 0 Å². The van der Waals surface area contributed by atoms with E-state index in [1.54, 1.807) is 0 Å². The molecule has 5 unspecified atom stereocenters. The van der Waals surface area contributed by atoms with Crippen molar-refractivity contribution in [2.24, 2.45) is 58.2 Å². The molecule has 0 saturated heterocycles. The van der Waals surface area contributed by atoms with Gasteiger partial charge in [0.25, 0.3) is 0 Å². The van der Waals surface area contributed by atoms with Crippen LogP contribution >= 0.6 is 0 Å².